The number of urea groups is 1. The fourth-order valence-corrected chi connectivity index (χ4v) is 4.86. The lowest BCUT2D eigenvalue weighted by Crippen LogP contribution is -2.51. The first-order valence-corrected chi connectivity index (χ1v) is 11.3. The van der Waals surface area contributed by atoms with Gasteiger partial charge in [-0.05, 0) is 43.4 Å². The zero-order chi connectivity index (χ0) is 19.2. The molecular formula is C19H25N3O3S2. The molecule has 0 saturated carbocycles. The van der Waals surface area contributed by atoms with Gasteiger partial charge in [-0.1, -0.05) is 12.1 Å². The van der Waals surface area contributed by atoms with Gasteiger partial charge in [0.1, 0.15) is 6.04 Å². The van der Waals surface area contributed by atoms with E-state index in [0.29, 0.717) is 19.5 Å². The third kappa shape index (κ3) is 4.93. The zero-order valence-electron chi connectivity index (χ0n) is 15.6. The lowest BCUT2D eigenvalue weighted by molar-refractivity contribution is -0.142. The van der Waals surface area contributed by atoms with Crippen molar-refractivity contribution in [3.8, 4) is 0 Å². The topological polar surface area (TPSA) is 71.5 Å². The largest absolute Gasteiger partial charge is 0.467 e. The summed E-state index contributed by atoms with van der Waals surface area (Å²) in [6.07, 6.45) is 4.50. The van der Waals surface area contributed by atoms with Gasteiger partial charge in [0.05, 0.1) is 22.3 Å². The summed E-state index contributed by atoms with van der Waals surface area (Å²) in [4.78, 5) is 31.2. The molecule has 0 spiro atoms. The normalized spacial score (nSPS) is 18.3. The van der Waals surface area contributed by atoms with Crippen LogP contribution < -0.4 is 5.32 Å². The van der Waals surface area contributed by atoms with Crippen molar-refractivity contribution in [3.63, 3.8) is 0 Å². The number of hydrogen-bond acceptors (Lipinski definition) is 6. The summed E-state index contributed by atoms with van der Waals surface area (Å²) < 4.78 is 6.01. The van der Waals surface area contributed by atoms with Gasteiger partial charge in [-0.2, -0.15) is 11.8 Å². The number of esters is 1. The maximum absolute atomic E-state index is 12.7. The Morgan fingerprint density at radius 2 is 2.26 bits per heavy atom. The van der Waals surface area contributed by atoms with E-state index in [2.05, 4.69) is 11.4 Å². The number of rotatable bonds is 6. The van der Waals surface area contributed by atoms with Crippen LogP contribution in [0, 0.1) is 0 Å². The Bertz CT molecular complexity index is 762. The van der Waals surface area contributed by atoms with Crippen LogP contribution >= 0.6 is 23.1 Å². The summed E-state index contributed by atoms with van der Waals surface area (Å²) in [6.45, 7) is 1.33. The first kappa shape index (κ1) is 19.9. The van der Waals surface area contributed by atoms with E-state index < -0.39 is 12.0 Å². The van der Waals surface area contributed by atoms with Crippen molar-refractivity contribution in [3.05, 3.63) is 29.3 Å². The Morgan fingerprint density at radius 1 is 1.44 bits per heavy atom. The Labute approximate surface area is 167 Å². The lowest BCUT2D eigenvalue weighted by Gasteiger charge is -2.32. The van der Waals surface area contributed by atoms with Gasteiger partial charge < -0.3 is 15.0 Å². The number of thiazole rings is 1. The summed E-state index contributed by atoms with van der Waals surface area (Å²) >= 11 is 3.35. The monoisotopic (exact) mass is 407 g/mol. The van der Waals surface area contributed by atoms with Gasteiger partial charge >= 0.3 is 12.0 Å². The van der Waals surface area contributed by atoms with Crippen molar-refractivity contribution in [2.45, 2.75) is 31.2 Å². The van der Waals surface area contributed by atoms with Crippen LogP contribution in [0.5, 0.6) is 0 Å². The number of benzene rings is 1. The summed E-state index contributed by atoms with van der Waals surface area (Å²) in [5.74, 6) is 0.635. The molecular weight excluding hydrogens is 382 g/mol. The molecule has 1 aliphatic rings. The molecule has 1 fully saturated rings. The number of amides is 2. The molecule has 27 heavy (non-hydrogen) atoms. The number of carbonyl (C=O) groups is 2. The number of nitrogens with one attached hydrogen (secondary N) is 1. The van der Waals surface area contributed by atoms with E-state index in [4.69, 9.17) is 9.72 Å². The van der Waals surface area contributed by atoms with Gasteiger partial charge in [-0.15, -0.1) is 11.3 Å². The van der Waals surface area contributed by atoms with Crippen LogP contribution in [0.4, 0.5) is 4.79 Å². The van der Waals surface area contributed by atoms with Crippen molar-refractivity contribution in [2.75, 3.05) is 32.2 Å². The molecule has 2 amide bonds. The molecule has 1 unspecified atom stereocenters. The molecule has 8 heteroatoms. The van der Waals surface area contributed by atoms with Crippen LogP contribution in [0.1, 0.15) is 30.2 Å². The maximum atomic E-state index is 12.7. The number of carbonyl (C=O) groups excluding carboxylic acids is 2. The Morgan fingerprint density at radius 3 is 3.00 bits per heavy atom. The molecule has 3 rings (SSSR count). The minimum Gasteiger partial charge on any atom is -0.467 e. The smallest absolute Gasteiger partial charge is 0.328 e. The molecule has 1 saturated heterocycles. The summed E-state index contributed by atoms with van der Waals surface area (Å²) in [5, 5.41) is 3.94. The predicted octanol–water partition coefficient (Wildman–Crippen LogP) is 3.48. The number of nitrogens with zero attached hydrogens (tertiary/aromatic N) is 2. The van der Waals surface area contributed by atoms with Gasteiger partial charge in [0.25, 0.3) is 0 Å². The third-order valence-corrected chi connectivity index (χ3v) is 6.61. The van der Waals surface area contributed by atoms with Gasteiger partial charge in [0.2, 0.25) is 0 Å². The second-order valence-corrected chi connectivity index (χ2v) is 8.66. The van der Waals surface area contributed by atoms with Gasteiger partial charge in [-0.3, -0.25) is 0 Å². The van der Waals surface area contributed by atoms with Crippen molar-refractivity contribution >= 4 is 45.3 Å². The zero-order valence-corrected chi connectivity index (χ0v) is 17.3. The van der Waals surface area contributed by atoms with Crippen LogP contribution in [0.3, 0.4) is 0 Å². The number of ether oxygens (including phenoxy) is 1. The van der Waals surface area contributed by atoms with Crippen molar-refractivity contribution in [1.82, 2.24) is 15.2 Å². The fourth-order valence-electron chi connectivity index (χ4n) is 3.30. The molecule has 2 atom stereocenters. The highest BCUT2D eigenvalue weighted by Gasteiger charge is 2.29. The van der Waals surface area contributed by atoms with Crippen LogP contribution in [-0.2, 0) is 9.53 Å². The van der Waals surface area contributed by atoms with E-state index in [9.17, 15) is 9.59 Å². The quantitative estimate of drug-likeness (QED) is 0.743. The number of hydrogen-bond donors (Lipinski definition) is 1. The number of fused-ring (bicyclic) bond motifs is 1. The van der Waals surface area contributed by atoms with Crippen molar-refractivity contribution in [1.29, 1.82) is 0 Å². The number of para-hydroxylation sites is 1. The van der Waals surface area contributed by atoms with Crippen molar-refractivity contribution < 1.29 is 14.3 Å². The van der Waals surface area contributed by atoms with E-state index >= 15 is 0 Å². The molecule has 146 valence electrons. The fraction of sp³-hybridized carbons (Fsp3) is 0.526. The molecule has 0 bridgehead atoms. The predicted molar refractivity (Wildman–Crippen MR) is 111 cm³/mol. The van der Waals surface area contributed by atoms with Gasteiger partial charge in [-0.25, -0.2) is 14.6 Å². The molecule has 0 aliphatic carbocycles. The lowest BCUT2D eigenvalue weighted by atomic mass is 9.99. The molecule has 1 N–H and O–H groups in total. The standard InChI is InChI=1S/C19H25N3O3S2/c1-25-18(23)15(9-11-26-2)21-19(24)22-10-5-6-13(12-22)17-20-14-7-3-4-8-16(14)27-17/h3-4,7-8,13,15H,5-6,9-12H2,1-2H3,(H,21,24)/t13?,15-/m0/s1. The minimum atomic E-state index is -0.599. The average molecular weight is 408 g/mol. The number of methoxy groups -OCH3 is 1. The van der Waals surface area contributed by atoms with E-state index in [-0.39, 0.29) is 11.9 Å². The molecule has 1 aromatic heterocycles. The Balaban J connectivity index is 1.65. The highest BCUT2D eigenvalue weighted by atomic mass is 32.2. The molecule has 6 nitrogen and oxygen atoms in total. The third-order valence-electron chi connectivity index (χ3n) is 4.76. The van der Waals surface area contributed by atoms with Crippen LogP contribution in [0.25, 0.3) is 10.2 Å². The molecule has 2 aromatic rings. The molecule has 1 aromatic carbocycles. The Kier molecular flexibility index (Phi) is 6.95. The first-order chi connectivity index (χ1) is 13.1. The SMILES string of the molecule is COC(=O)[C@H](CCSC)NC(=O)N1CCCC(c2nc3ccccc3s2)C1. The number of piperidine rings is 1. The summed E-state index contributed by atoms with van der Waals surface area (Å²) in [6, 6.07) is 7.32. The summed E-state index contributed by atoms with van der Waals surface area (Å²) in [5.41, 5.74) is 1.02. The first-order valence-electron chi connectivity index (χ1n) is 9.10. The highest BCUT2D eigenvalue weighted by molar-refractivity contribution is 7.98. The van der Waals surface area contributed by atoms with Gasteiger partial charge in [0.15, 0.2) is 0 Å². The van der Waals surface area contributed by atoms with E-state index in [1.54, 1.807) is 28.0 Å². The Hall–Kier alpha value is -1.80. The highest BCUT2D eigenvalue weighted by Crippen LogP contribution is 2.32. The van der Waals surface area contributed by atoms with E-state index in [1.165, 1.54) is 11.8 Å². The number of aromatic nitrogens is 1. The maximum Gasteiger partial charge on any atom is 0.328 e. The van der Waals surface area contributed by atoms with Crippen molar-refractivity contribution in [2.24, 2.45) is 0 Å². The van der Waals surface area contributed by atoms with E-state index in [1.807, 2.05) is 24.5 Å². The van der Waals surface area contributed by atoms with Crippen LogP contribution in [0.2, 0.25) is 0 Å². The molecule has 2 heterocycles. The molecule has 0 radical (unpaired) electrons. The molecule has 1 aliphatic heterocycles. The second kappa shape index (κ2) is 9.41. The minimum absolute atomic E-state index is 0.197. The second-order valence-electron chi connectivity index (χ2n) is 6.61. The average Bonchev–Trinajstić information content (AvgIpc) is 3.14. The number of likely N-dealkylation sites (tertiary alicyclic amines) is 1. The summed E-state index contributed by atoms with van der Waals surface area (Å²) in [7, 11) is 1.35. The van der Waals surface area contributed by atoms with Crippen LogP contribution in [0.15, 0.2) is 24.3 Å². The number of thioether (sulfide) groups is 1. The van der Waals surface area contributed by atoms with Gasteiger partial charge in [0, 0.05) is 19.0 Å². The van der Waals surface area contributed by atoms with Crippen LogP contribution in [-0.4, -0.2) is 60.1 Å². The van der Waals surface area contributed by atoms with E-state index in [0.717, 1.165) is 29.1 Å².